The Morgan fingerprint density at radius 1 is 0.731 bits per heavy atom. The molecule has 0 saturated carbocycles. The van der Waals surface area contributed by atoms with Gasteiger partial charge in [-0.25, -0.2) is 0 Å². The highest BCUT2D eigenvalue weighted by Crippen LogP contribution is 2.38. The largest absolute Gasteiger partial charge is 0.192 e. The number of allylic oxidation sites excluding steroid dienone is 1. The first-order chi connectivity index (χ1) is 12.5. The maximum Gasteiger partial charge on any atom is 0.138 e. The summed E-state index contributed by atoms with van der Waals surface area (Å²) >= 11 is 0. The van der Waals surface area contributed by atoms with Gasteiger partial charge in [0.05, 0.1) is 0 Å². The standard InChI is InChI=1S/C24H22N2/c1-15(2)19-9-7-17-5-6-18-8-10-20(16(3)4)12-23(18)24(22(17)11-19)21(13-25)14-26/h5-12,15-16H,1-4H3. The first-order valence-electron chi connectivity index (χ1n) is 8.97. The molecule has 2 aromatic rings. The van der Waals surface area contributed by atoms with Crippen LogP contribution in [0.2, 0.25) is 0 Å². The Balaban J connectivity index is 2.40. The zero-order valence-electron chi connectivity index (χ0n) is 15.7. The molecule has 26 heavy (non-hydrogen) atoms. The summed E-state index contributed by atoms with van der Waals surface area (Å²) in [7, 11) is 0. The molecule has 0 N–H and O–H groups in total. The lowest BCUT2D eigenvalue weighted by atomic mass is 9.86. The Bertz CT molecular complexity index is 926. The van der Waals surface area contributed by atoms with Crippen molar-refractivity contribution in [2.24, 2.45) is 0 Å². The molecule has 0 bridgehead atoms. The molecule has 2 nitrogen and oxygen atoms in total. The van der Waals surface area contributed by atoms with Gasteiger partial charge in [-0.15, -0.1) is 0 Å². The lowest BCUT2D eigenvalue weighted by molar-refractivity contribution is 0.865. The van der Waals surface area contributed by atoms with Crippen molar-refractivity contribution in [2.45, 2.75) is 39.5 Å². The molecule has 2 heteroatoms. The molecule has 0 atom stereocenters. The van der Waals surface area contributed by atoms with Crippen molar-refractivity contribution in [1.82, 2.24) is 0 Å². The van der Waals surface area contributed by atoms with Crippen LogP contribution < -0.4 is 0 Å². The average molecular weight is 338 g/mol. The average Bonchev–Trinajstić information content (AvgIpc) is 2.79. The molecular formula is C24H22N2. The molecule has 0 heterocycles. The molecule has 0 radical (unpaired) electrons. The number of hydrogen-bond acceptors (Lipinski definition) is 2. The second-order valence-corrected chi connectivity index (χ2v) is 7.31. The first-order valence-corrected chi connectivity index (χ1v) is 8.97. The molecule has 0 amide bonds. The summed E-state index contributed by atoms with van der Waals surface area (Å²) < 4.78 is 0. The van der Waals surface area contributed by atoms with Gasteiger partial charge in [-0.05, 0) is 45.2 Å². The van der Waals surface area contributed by atoms with Gasteiger partial charge in [0.1, 0.15) is 17.7 Å². The van der Waals surface area contributed by atoms with Gasteiger partial charge < -0.3 is 0 Å². The van der Waals surface area contributed by atoms with Gasteiger partial charge in [-0.1, -0.05) is 76.2 Å². The van der Waals surface area contributed by atoms with Gasteiger partial charge in [0.15, 0.2) is 0 Å². The Morgan fingerprint density at radius 3 is 1.50 bits per heavy atom. The van der Waals surface area contributed by atoms with E-state index in [-0.39, 0.29) is 5.57 Å². The fraction of sp³-hybridized carbons (Fsp3) is 0.250. The van der Waals surface area contributed by atoms with E-state index in [9.17, 15) is 10.5 Å². The van der Waals surface area contributed by atoms with Crippen molar-refractivity contribution >= 4 is 17.7 Å². The quantitative estimate of drug-likeness (QED) is 0.517. The lowest BCUT2D eigenvalue weighted by Crippen LogP contribution is -2.00. The van der Waals surface area contributed by atoms with E-state index in [0.717, 1.165) is 27.8 Å². The maximum absolute atomic E-state index is 9.63. The van der Waals surface area contributed by atoms with Gasteiger partial charge in [-0.2, -0.15) is 10.5 Å². The Kier molecular flexibility index (Phi) is 4.79. The second kappa shape index (κ2) is 7.03. The lowest BCUT2D eigenvalue weighted by Gasteiger charge is -2.16. The van der Waals surface area contributed by atoms with Crippen molar-refractivity contribution in [3.8, 4) is 12.1 Å². The number of hydrogen-bond donors (Lipinski definition) is 0. The molecule has 1 aliphatic carbocycles. The minimum atomic E-state index is 0.165. The zero-order chi connectivity index (χ0) is 18.8. The van der Waals surface area contributed by atoms with Crippen LogP contribution in [-0.4, -0.2) is 0 Å². The van der Waals surface area contributed by atoms with E-state index in [1.165, 1.54) is 11.1 Å². The summed E-state index contributed by atoms with van der Waals surface area (Å²) in [5, 5.41) is 19.3. The van der Waals surface area contributed by atoms with Crippen LogP contribution in [-0.2, 0) is 0 Å². The van der Waals surface area contributed by atoms with E-state index in [1.807, 2.05) is 0 Å². The van der Waals surface area contributed by atoms with E-state index in [0.29, 0.717) is 11.8 Å². The second-order valence-electron chi connectivity index (χ2n) is 7.31. The molecule has 0 fully saturated rings. The fourth-order valence-corrected chi connectivity index (χ4v) is 3.32. The number of fused-ring (bicyclic) bond motifs is 2. The van der Waals surface area contributed by atoms with Crippen molar-refractivity contribution in [1.29, 1.82) is 10.5 Å². The van der Waals surface area contributed by atoms with Gasteiger partial charge in [0.25, 0.3) is 0 Å². The van der Waals surface area contributed by atoms with Crippen LogP contribution in [0.1, 0.15) is 72.9 Å². The summed E-state index contributed by atoms with van der Waals surface area (Å²) in [6, 6.07) is 16.9. The van der Waals surface area contributed by atoms with Crippen molar-refractivity contribution in [3.63, 3.8) is 0 Å². The normalized spacial score (nSPS) is 12.2. The van der Waals surface area contributed by atoms with Crippen LogP contribution in [0.25, 0.3) is 17.7 Å². The molecule has 0 saturated heterocycles. The molecule has 1 aliphatic rings. The Labute approximate surface area is 155 Å². The van der Waals surface area contributed by atoms with E-state index in [2.05, 4.69) is 88.4 Å². The van der Waals surface area contributed by atoms with Crippen LogP contribution in [0.4, 0.5) is 0 Å². The summed E-state index contributed by atoms with van der Waals surface area (Å²) in [5.41, 5.74) is 7.31. The topological polar surface area (TPSA) is 47.6 Å². The molecule has 0 aliphatic heterocycles. The summed E-state index contributed by atoms with van der Waals surface area (Å²) in [4.78, 5) is 0. The van der Waals surface area contributed by atoms with E-state index < -0.39 is 0 Å². The highest BCUT2D eigenvalue weighted by Gasteiger charge is 2.21. The number of rotatable bonds is 2. The Morgan fingerprint density at radius 2 is 1.15 bits per heavy atom. The molecule has 0 spiro atoms. The fourth-order valence-electron chi connectivity index (χ4n) is 3.32. The van der Waals surface area contributed by atoms with Gasteiger partial charge in [-0.3, -0.25) is 0 Å². The zero-order valence-corrected chi connectivity index (χ0v) is 15.7. The van der Waals surface area contributed by atoms with Crippen LogP contribution in [0.15, 0.2) is 42.0 Å². The molecule has 0 aromatic heterocycles. The van der Waals surface area contributed by atoms with E-state index >= 15 is 0 Å². The Hall–Kier alpha value is -3.10. The number of nitrogens with zero attached hydrogens (tertiary/aromatic N) is 2. The smallest absolute Gasteiger partial charge is 0.138 e. The van der Waals surface area contributed by atoms with Crippen LogP contribution >= 0.6 is 0 Å². The highest BCUT2D eigenvalue weighted by molar-refractivity contribution is 5.97. The molecule has 128 valence electrons. The third-order valence-corrected chi connectivity index (χ3v) is 4.94. The van der Waals surface area contributed by atoms with Crippen molar-refractivity contribution in [3.05, 3.63) is 75.4 Å². The monoisotopic (exact) mass is 338 g/mol. The summed E-state index contributed by atoms with van der Waals surface area (Å²) in [5.74, 6) is 0.755. The van der Waals surface area contributed by atoms with Crippen LogP contribution in [0.3, 0.4) is 0 Å². The molecule has 3 rings (SSSR count). The van der Waals surface area contributed by atoms with Gasteiger partial charge in [0.2, 0.25) is 0 Å². The van der Waals surface area contributed by atoms with Crippen molar-refractivity contribution in [2.75, 3.05) is 0 Å². The van der Waals surface area contributed by atoms with E-state index in [4.69, 9.17) is 0 Å². The third kappa shape index (κ3) is 3.07. The minimum absolute atomic E-state index is 0.165. The predicted octanol–water partition coefficient (Wildman–Crippen LogP) is 6.27. The molecule has 0 unspecified atom stereocenters. The number of nitriles is 2. The highest BCUT2D eigenvalue weighted by atomic mass is 14.3. The summed E-state index contributed by atoms with van der Waals surface area (Å²) in [6.45, 7) is 8.60. The summed E-state index contributed by atoms with van der Waals surface area (Å²) in [6.07, 6.45) is 4.15. The SMILES string of the molecule is CC(C)c1ccc2c(c1)C(=C(C#N)C#N)c1cc(C(C)C)ccc1C=C2. The van der Waals surface area contributed by atoms with Gasteiger partial charge >= 0.3 is 0 Å². The number of benzene rings is 2. The van der Waals surface area contributed by atoms with Crippen LogP contribution in [0, 0.1) is 22.7 Å². The maximum atomic E-state index is 9.63. The first kappa shape index (κ1) is 17.7. The minimum Gasteiger partial charge on any atom is -0.192 e. The molecular weight excluding hydrogens is 316 g/mol. The van der Waals surface area contributed by atoms with Gasteiger partial charge in [0, 0.05) is 5.57 Å². The van der Waals surface area contributed by atoms with Crippen molar-refractivity contribution < 1.29 is 0 Å². The van der Waals surface area contributed by atoms with E-state index in [1.54, 1.807) is 0 Å². The third-order valence-electron chi connectivity index (χ3n) is 4.94. The predicted molar refractivity (Wildman–Crippen MR) is 107 cm³/mol. The van der Waals surface area contributed by atoms with Crippen LogP contribution in [0.5, 0.6) is 0 Å². The molecule has 2 aromatic carbocycles.